The minimum absolute atomic E-state index is 0.0894. The number of nitriles is 1. The van der Waals surface area contributed by atoms with Crippen LogP contribution in [0.4, 0.5) is 11.4 Å². The van der Waals surface area contributed by atoms with Gasteiger partial charge in [-0.05, 0) is 24.5 Å². The largest absolute Gasteiger partial charge is 0.361 e. The van der Waals surface area contributed by atoms with Gasteiger partial charge in [-0.2, -0.15) is 5.26 Å². The Balaban J connectivity index is 2.03. The first-order chi connectivity index (χ1) is 9.20. The highest BCUT2D eigenvalue weighted by molar-refractivity contribution is 5.67. The van der Waals surface area contributed by atoms with E-state index >= 15 is 0 Å². The number of nitrogens with one attached hydrogen (secondary N) is 1. The zero-order chi connectivity index (χ0) is 13.4. The Kier molecular flexibility index (Phi) is 2.84. The Labute approximate surface area is 110 Å². The highest BCUT2D eigenvalue weighted by Gasteiger charge is 2.39. The van der Waals surface area contributed by atoms with Crippen LogP contribution < -0.4 is 10.2 Å². The second kappa shape index (κ2) is 4.52. The molecule has 0 bridgehead atoms. The molecule has 0 saturated carbocycles. The van der Waals surface area contributed by atoms with Crippen molar-refractivity contribution in [3.63, 3.8) is 0 Å². The van der Waals surface area contributed by atoms with E-state index in [0.717, 1.165) is 26.1 Å². The number of fused-ring (bicyclic) bond motifs is 1. The number of rotatable bonds is 2. The first-order valence-electron chi connectivity index (χ1n) is 6.36. The molecule has 2 atom stereocenters. The van der Waals surface area contributed by atoms with Crippen LogP contribution in [0.15, 0.2) is 18.2 Å². The van der Waals surface area contributed by atoms with Gasteiger partial charge in [0, 0.05) is 31.7 Å². The Hall–Kier alpha value is -2.13. The summed E-state index contributed by atoms with van der Waals surface area (Å²) in [5.74, 6) is 0.561. The maximum absolute atomic E-state index is 11.2. The van der Waals surface area contributed by atoms with Gasteiger partial charge in [-0.25, -0.2) is 0 Å². The van der Waals surface area contributed by atoms with Crippen molar-refractivity contribution in [1.82, 2.24) is 5.32 Å². The fourth-order valence-electron chi connectivity index (χ4n) is 3.13. The predicted molar refractivity (Wildman–Crippen MR) is 69.9 cm³/mol. The van der Waals surface area contributed by atoms with Crippen molar-refractivity contribution in [2.75, 3.05) is 24.5 Å². The van der Waals surface area contributed by atoms with Gasteiger partial charge in [0.2, 0.25) is 0 Å². The molecule has 6 heteroatoms. The molecule has 0 unspecified atom stereocenters. The molecule has 98 valence electrons. The van der Waals surface area contributed by atoms with Crippen molar-refractivity contribution in [1.29, 1.82) is 5.26 Å². The smallest absolute Gasteiger partial charge is 0.292 e. The topological polar surface area (TPSA) is 82.2 Å². The Morgan fingerprint density at radius 1 is 1.47 bits per heavy atom. The monoisotopic (exact) mass is 258 g/mol. The molecule has 1 N–H and O–H groups in total. The molecule has 2 fully saturated rings. The Bertz CT molecular complexity index is 566. The van der Waals surface area contributed by atoms with Crippen LogP contribution in [0.5, 0.6) is 0 Å². The van der Waals surface area contributed by atoms with E-state index < -0.39 is 0 Å². The zero-order valence-corrected chi connectivity index (χ0v) is 10.4. The number of hydrogen-bond acceptors (Lipinski definition) is 5. The minimum Gasteiger partial charge on any atom is -0.361 e. The van der Waals surface area contributed by atoms with Gasteiger partial charge in [0.05, 0.1) is 16.6 Å². The Morgan fingerprint density at radius 2 is 2.32 bits per heavy atom. The van der Waals surface area contributed by atoms with Crippen molar-refractivity contribution in [3.8, 4) is 6.07 Å². The molecule has 2 saturated heterocycles. The molecule has 0 aromatic heterocycles. The molecule has 0 amide bonds. The van der Waals surface area contributed by atoms with Gasteiger partial charge in [-0.15, -0.1) is 0 Å². The molecule has 3 rings (SSSR count). The number of anilines is 1. The maximum atomic E-state index is 11.2. The summed E-state index contributed by atoms with van der Waals surface area (Å²) in [4.78, 5) is 12.9. The number of nitro groups is 1. The number of nitro benzene ring substituents is 1. The average Bonchev–Trinajstić information content (AvgIpc) is 3.00. The molecule has 2 aliphatic heterocycles. The van der Waals surface area contributed by atoms with E-state index in [9.17, 15) is 10.1 Å². The summed E-state index contributed by atoms with van der Waals surface area (Å²) in [5, 5.41) is 23.4. The van der Waals surface area contributed by atoms with E-state index in [1.807, 2.05) is 0 Å². The van der Waals surface area contributed by atoms with E-state index in [-0.39, 0.29) is 10.6 Å². The van der Waals surface area contributed by atoms with Crippen molar-refractivity contribution in [3.05, 3.63) is 33.9 Å². The fourth-order valence-corrected chi connectivity index (χ4v) is 3.13. The molecule has 0 aliphatic carbocycles. The summed E-state index contributed by atoms with van der Waals surface area (Å²) in [5.41, 5.74) is 1.14. The van der Waals surface area contributed by atoms with Crippen molar-refractivity contribution in [2.24, 2.45) is 5.92 Å². The van der Waals surface area contributed by atoms with E-state index in [2.05, 4.69) is 16.3 Å². The second-order valence-electron chi connectivity index (χ2n) is 5.04. The molecule has 0 radical (unpaired) electrons. The quantitative estimate of drug-likeness (QED) is 0.638. The van der Waals surface area contributed by atoms with Gasteiger partial charge in [-0.3, -0.25) is 10.1 Å². The average molecular weight is 258 g/mol. The van der Waals surface area contributed by atoms with Crippen LogP contribution >= 0.6 is 0 Å². The molecule has 1 aromatic rings. The van der Waals surface area contributed by atoms with E-state index in [1.165, 1.54) is 12.1 Å². The summed E-state index contributed by atoms with van der Waals surface area (Å²) >= 11 is 0. The summed E-state index contributed by atoms with van der Waals surface area (Å²) in [6.07, 6.45) is 1.05. The number of benzene rings is 1. The van der Waals surface area contributed by atoms with Crippen molar-refractivity contribution in [2.45, 2.75) is 12.5 Å². The molecular weight excluding hydrogens is 244 g/mol. The van der Waals surface area contributed by atoms with Crippen LogP contribution in [-0.4, -0.2) is 30.6 Å². The first kappa shape index (κ1) is 11.9. The van der Waals surface area contributed by atoms with E-state index in [4.69, 9.17) is 5.26 Å². The van der Waals surface area contributed by atoms with Gasteiger partial charge in [0.15, 0.2) is 0 Å². The van der Waals surface area contributed by atoms with Crippen molar-refractivity contribution < 1.29 is 4.92 Å². The van der Waals surface area contributed by atoms with Crippen LogP contribution in [0.25, 0.3) is 0 Å². The van der Waals surface area contributed by atoms with Gasteiger partial charge >= 0.3 is 0 Å². The zero-order valence-electron chi connectivity index (χ0n) is 10.4. The third-order valence-corrected chi connectivity index (χ3v) is 4.06. The lowest BCUT2D eigenvalue weighted by molar-refractivity contribution is -0.384. The van der Waals surface area contributed by atoms with Crippen LogP contribution in [0.3, 0.4) is 0 Å². The second-order valence-corrected chi connectivity index (χ2v) is 5.04. The molecule has 0 spiro atoms. The summed E-state index contributed by atoms with van der Waals surface area (Å²) in [6.45, 7) is 2.66. The highest BCUT2D eigenvalue weighted by atomic mass is 16.6. The number of hydrogen-bond donors (Lipinski definition) is 1. The SMILES string of the molecule is N#Cc1ccc([N+](=O)[O-])c(N2CC[C@H]3CNC[C@H]32)c1. The standard InChI is InChI=1S/C13H14N4O2/c14-6-9-1-2-11(17(18)19)12(5-9)16-4-3-10-7-15-8-13(10)16/h1-2,5,10,13,15H,3-4,7-8H2/t10-,13+/m0/s1. The third-order valence-electron chi connectivity index (χ3n) is 4.06. The van der Waals surface area contributed by atoms with Gasteiger partial charge in [-0.1, -0.05) is 0 Å². The van der Waals surface area contributed by atoms with Crippen LogP contribution in [-0.2, 0) is 0 Å². The normalized spacial score (nSPS) is 25.1. The van der Waals surface area contributed by atoms with E-state index in [0.29, 0.717) is 23.2 Å². The van der Waals surface area contributed by atoms with E-state index in [1.54, 1.807) is 6.07 Å². The van der Waals surface area contributed by atoms with Crippen LogP contribution in [0.2, 0.25) is 0 Å². The molecule has 1 aromatic carbocycles. The predicted octanol–water partition coefficient (Wildman–Crippen LogP) is 1.26. The highest BCUT2D eigenvalue weighted by Crippen LogP contribution is 2.37. The summed E-state index contributed by atoms with van der Waals surface area (Å²) in [7, 11) is 0. The van der Waals surface area contributed by atoms with Crippen LogP contribution in [0, 0.1) is 27.4 Å². The van der Waals surface area contributed by atoms with Crippen molar-refractivity contribution >= 4 is 11.4 Å². The van der Waals surface area contributed by atoms with Gasteiger partial charge in [0.25, 0.3) is 5.69 Å². The molecule has 2 aliphatic rings. The lowest BCUT2D eigenvalue weighted by Crippen LogP contribution is -2.34. The Morgan fingerprint density at radius 3 is 3.05 bits per heavy atom. The summed E-state index contributed by atoms with van der Waals surface area (Å²) < 4.78 is 0. The first-order valence-corrected chi connectivity index (χ1v) is 6.36. The summed E-state index contributed by atoms with van der Waals surface area (Å²) in [6, 6.07) is 6.94. The number of nitrogens with zero attached hydrogens (tertiary/aromatic N) is 3. The fraction of sp³-hybridized carbons (Fsp3) is 0.462. The molecule has 6 nitrogen and oxygen atoms in total. The molecular formula is C13H14N4O2. The minimum atomic E-state index is -0.369. The molecule has 19 heavy (non-hydrogen) atoms. The van der Waals surface area contributed by atoms with Crippen LogP contribution in [0.1, 0.15) is 12.0 Å². The van der Waals surface area contributed by atoms with Gasteiger partial charge < -0.3 is 10.2 Å². The molecule has 2 heterocycles. The third kappa shape index (κ3) is 1.92. The lowest BCUT2D eigenvalue weighted by atomic mass is 10.0. The lowest BCUT2D eigenvalue weighted by Gasteiger charge is -2.25. The van der Waals surface area contributed by atoms with Gasteiger partial charge in [0.1, 0.15) is 5.69 Å². The maximum Gasteiger partial charge on any atom is 0.292 e.